The number of hydrogen-bond acceptors (Lipinski definition) is 7. The minimum absolute atomic E-state index is 0.248. The van der Waals surface area contributed by atoms with Crippen LogP contribution in [-0.4, -0.2) is 30.5 Å². The Morgan fingerprint density at radius 1 is 1.12 bits per heavy atom. The molecule has 1 amide bonds. The summed E-state index contributed by atoms with van der Waals surface area (Å²) < 4.78 is 22.9. The average Bonchev–Trinajstić information content (AvgIpc) is 3.09. The van der Waals surface area contributed by atoms with E-state index in [0.29, 0.717) is 23.1 Å². The third kappa shape index (κ3) is 4.64. The van der Waals surface area contributed by atoms with Gasteiger partial charge in [-0.05, 0) is 42.0 Å². The summed E-state index contributed by atoms with van der Waals surface area (Å²) in [6.07, 6.45) is 4.50. The van der Waals surface area contributed by atoms with Crippen LogP contribution in [-0.2, 0) is 16.4 Å². The largest absolute Gasteiger partial charge is 0.347 e. The predicted molar refractivity (Wildman–Crippen MR) is 100 cm³/mol. The number of rotatable bonds is 6. The van der Waals surface area contributed by atoms with Gasteiger partial charge in [-0.3, -0.25) is 9.78 Å². The average molecular weight is 388 g/mol. The van der Waals surface area contributed by atoms with Crippen molar-refractivity contribution >= 4 is 37.9 Å². The zero-order valence-electron chi connectivity index (χ0n) is 13.8. The van der Waals surface area contributed by atoms with E-state index >= 15 is 0 Å². The Morgan fingerprint density at radius 3 is 2.46 bits per heavy atom. The monoisotopic (exact) mass is 388 g/mol. The summed E-state index contributed by atoms with van der Waals surface area (Å²) in [7, 11) is -3.23. The van der Waals surface area contributed by atoms with E-state index in [1.807, 2.05) is 12.1 Å². The minimum atomic E-state index is -3.23. The second-order valence-corrected chi connectivity index (χ2v) is 8.37. The van der Waals surface area contributed by atoms with Crippen LogP contribution in [0.25, 0.3) is 0 Å². The molecule has 3 aromatic rings. The summed E-state index contributed by atoms with van der Waals surface area (Å²) in [5, 5.41) is 8.06. The van der Waals surface area contributed by atoms with Gasteiger partial charge in [0.1, 0.15) is 5.69 Å². The zero-order chi connectivity index (χ0) is 18.6. The summed E-state index contributed by atoms with van der Waals surface area (Å²) >= 11 is 1.29. The van der Waals surface area contributed by atoms with E-state index in [0.717, 1.165) is 11.8 Å². The van der Waals surface area contributed by atoms with Gasteiger partial charge in [0.2, 0.25) is 0 Å². The van der Waals surface area contributed by atoms with Crippen LogP contribution in [0, 0.1) is 0 Å². The fourth-order valence-corrected chi connectivity index (χ4v) is 3.46. The third-order valence-electron chi connectivity index (χ3n) is 3.47. The molecule has 0 aliphatic heterocycles. The maximum Gasteiger partial charge on any atom is 0.271 e. The Labute approximate surface area is 155 Å². The van der Waals surface area contributed by atoms with Crippen LogP contribution >= 0.6 is 11.3 Å². The smallest absolute Gasteiger partial charge is 0.271 e. The molecule has 0 saturated carbocycles. The first-order valence-electron chi connectivity index (χ1n) is 7.61. The van der Waals surface area contributed by atoms with Crippen molar-refractivity contribution < 1.29 is 13.2 Å². The molecule has 9 heteroatoms. The third-order valence-corrected chi connectivity index (χ3v) is 5.36. The second-order valence-electron chi connectivity index (χ2n) is 5.50. The first-order chi connectivity index (χ1) is 12.4. The number of sulfone groups is 1. The van der Waals surface area contributed by atoms with Crippen LogP contribution in [0.1, 0.15) is 16.1 Å². The van der Waals surface area contributed by atoms with Crippen LogP contribution in [0.3, 0.4) is 0 Å². The maximum absolute atomic E-state index is 12.2. The Hall–Kier alpha value is -2.78. The number of carbonyl (C=O) groups is 1. The van der Waals surface area contributed by atoms with Gasteiger partial charge in [0.05, 0.1) is 4.90 Å². The number of amides is 1. The Balaban J connectivity index is 1.61. The van der Waals surface area contributed by atoms with Crippen LogP contribution in [0.4, 0.5) is 10.8 Å². The number of thiazole rings is 1. The molecule has 2 heterocycles. The molecular formula is C17H16N4O3S2. The number of nitrogens with one attached hydrogen (secondary N) is 2. The van der Waals surface area contributed by atoms with Gasteiger partial charge >= 0.3 is 0 Å². The number of pyridine rings is 1. The molecule has 0 radical (unpaired) electrons. The number of hydrogen-bond donors (Lipinski definition) is 2. The summed E-state index contributed by atoms with van der Waals surface area (Å²) in [4.78, 5) is 20.6. The first kappa shape index (κ1) is 18.0. The molecule has 26 heavy (non-hydrogen) atoms. The number of carbonyl (C=O) groups excluding carboxylic acids is 1. The van der Waals surface area contributed by atoms with Gasteiger partial charge in [-0.25, -0.2) is 13.4 Å². The fraction of sp³-hybridized carbons (Fsp3) is 0.118. The molecular weight excluding hydrogens is 372 g/mol. The number of benzene rings is 1. The Kier molecular flexibility index (Phi) is 5.29. The molecule has 0 atom stereocenters. The van der Waals surface area contributed by atoms with E-state index in [1.54, 1.807) is 29.9 Å². The lowest BCUT2D eigenvalue weighted by atomic mass is 10.2. The summed E-state index contributed by atoms with van der Waals surface area (Å²) in [5.41, 5.74) is 1.96. The summed E-state index contributed by atoms with van der Waals surface area (Å²) in [6.45, 7) is 0.397. The molecule has 2 N–H and O–H groups in total. The van der Waals surface area contributed by atoms with Crippen LogP contribution in [0.2, 0.25) is 0 Å². The molecule has 0 aliphatic rings. The van der Waals surface area contributed by atoms with Gasteiger partial charge in [-0.2, -0.15) is 0 Å². The number of nitrogens with zero attached hydrogens (tertiary/aromatic N) is 2. The van der Waals surface area contributed by atoms with Crippen molar-refractivity contribution in [3.8, 4) is 0 Å². The topological polar surface area (TPSA) is 101 Å². The minimum Gasteiger partial charge on any atom is -0.347 e. The molecule has 0 fully saturated rings. The number of anilines is 2. The summed E-state index contributed by atoms with van der Waals surface area (Å²) in [6, 6.07) is 10.0. The van der Waals surface area contributed by atoms with Gasteiger partial charge in [0, 0.05) is 36.3 Å². The van der Waals surface area contributed by atoms with Crippen molar-refractivity contribution in [1.29, 1.82) is 0 Å². The van der Waals surface area contributed by atoms with Crippen molar-refractivity contribution in [1.82, 2.24) is 15.3 Å². The van der Waals surface area contributed by atoms with Gasteiger partial charge in [-0.1, -0.05) is 0 Å². The van der Waals surface area contributed by atoms with Crippen molar-refractivity contribution in [2.45, 2.75) is 11.4 Å². The normalized spacial score (nSPS) is 11.1. The van der Waals surface area contributed by atoms with E-state index in [4.69, 9.17) is 0 Å². The zero-order valence-corrected chi connectivity index (χ0v) is 15.5. The molecule has 0 spiro atoms. The van der Waals surface area contributed by atoms with Gasteiger partial charge < -0.3 is 10.6 Å². The molecule has 0 aliphatic carbocycles. The lowest BCUT2D eigenvalue weighted by Crippen LogP contribution is -2.23. The first-order valence-corrected chi connectivity index (χ1v) is 10.4. The van der Waals surface area contributed by atoms with E-state index in [1.165, 1.54) is 23.5 Å². The molecule has 0 unspecified atom stereocenters. The van der Waals surface area contributed by atoms with Crippen molar-refractivity contribution in [2.75, 3.05) is 11.6 Å². The van der Waals surface area contributed by atoms with E-state index < -0.39 is 9.84 Å². The highest BCUT2D eigenvalue weighted by atomic mass is 32.2. The quantitative estimate of drug-likeness (QED) is 0.673. The molecule has 0 saturated heterocycles. The van der Waals surface area contributed by atoms with Gasteiger partial charge in [0.15, 0.2) is 15.0 Å². The van der Waals surface area contributed by atoms with E-state index in [-0.39, 0.29) is 10.8 Å². The highest BCUT2D eigenvalue weighted by Crippen LogP contribution is 2.22. The van der Waals surface area contributed by atoms with E-state index in [9.17, 15) is 13.2 Å². The van der Waals surface area contributed by atoms with Crippen molar-refractivity contribution in [2.24, 2.45) is 0 Å². The van der Waals surface area contributed by atoms with Gasteiger partial charge in [0.25, 0.3) is 5.91 Å². The predicted octanol–water partition coefficient (Wildman–Crippen LogP) is 2.62. The Morgan fingerprint density at radius 2 is 1.81 bits per heavy atom. The number of aromatic nitrogens is 2. The van der Waals surface area contributed by atoms with Crippen molar-refractivity contribution in [3.05, 3.63) is 65.4 Å². The van der Waals surface area contributed by atoms with E-state index in [2.05, 4.69) is 20.6 Å². The summed E-state index contributed by atoms with van der Waals surface area (Å²) in [5.74, 6) is -0.265. The molecule has 7 nitrogen and oxygen atoms in total. The molecule has 3 rings (SSSR count). The fourth-order valence-electron chi connectivity index (χ4n) is 2.12. The van der Waals surface area contributed by atoms with Crippen LogP contribution in [0.15, 0.2) is 59.1 Å². The van der Waals surface area contributed by atoms with Gasteiger partial charge in [-0.15, -0.1) is 11.3 Å². The molecule has 1 aromatic carbocycles. The SMILES string of the molecule is CS(=O)(=O)c1ccc(Nc2nc(C(=O)NCc3ccncc3)cs2)cc1. The lowest BCUT2D eigenvalue weighted by Gasteiger charge is -2.04. The lowest BCUT2D eigenvalue weighted by molar-refractivity contribution is 0.0946. The highest BCUT2D eigenvalue weighted by Gasteiger charge is 2.11. The van der Waals surface area contributed by atoms with Crippen LogP contribution < -0.4 is 10.6 Å². The standard InChI is InChI=1S/C17H16N4O3S2/c1-26(23,24)14-4-2-13(3-5-14)20-17-21-15(11-25-17)16(22)19-10-12-6-8-18-9-7-12/h2-9,11H,10H2,1H3,(H,19,22)(H,20,21). The second kappa shape index (κ2) is 7.63. The van der Waals surface area contributed by atoms with Crippen molar-refractivity contribution in [3.63, 3.8) is 0 Å². The molecule has 2 aromatic heterocycles. The Bertz CT molecular complexity index is 1000. The molecule has 134 valence electrons. The highest BCUT2D eigenvalue weighted by molar-refractivity contribution is 7.90. The maximum atomic E-state index is 12.2. The molecule has 0 bridgehead atoms. The van der Waals surface area contributed by atoms with Crippen LogP contribution in [0.5, 0.6) is 0 Å².